The highest BCUT2D eigenvalue weighted by Gasteiger charge is 2.35. The molecule has 2 atom stereocenters. The molecule has 0 bridgehead atoms. The molecule has 1 nitrogen and oxygen atoms in total. The van der Waals surface area contributed by atoms with E-state index in [1.54, 1.807) is 6.07 Å². The van der Waals surface area contributed by atoms with E-state index in [9.17, 15) is 4.39 Å². The van der Waals surface area contributed by atoms with Crippen molar-refractivity contribution in [3.8, 4) is 0 Å². The Morgan fingerprint density at radius 3 is 2.84 bits per heavy atom. The van der Waals surface area contributed by atoms with Crippen LogP contribution in [0.4, 0.5) is 4.39 Å². The second-order valence-electron chi connectivity index (χ2n) is 6.64. The highest BCUT2D eigenvalue weighted by atomic mass is 19.1. The Labute approximate surface area is 116 Å². The number of hydrogen-bond acceptors (Lipinski definition) is 1. The van der Waals surface area contributed by atoms with Crippen LogP contribution in [0, 0.1) is 17.2 Å². The Kier molecular flexibility index (Phi) is 4.62. The molecule has 1 fully saturated rings. The molecule has 1 saturated carbocycles. The van der Waals surface area contributed by atoms with Gasteiger partial charge in [0.1, 0.15) is 5.82 Å². The normalized spacial score (nSPS) is 26.3. The molecule has 1 aliphatic carbocycles. The van der Waals surface area contributed by atoms with Crippen LogP contribution in [0.1, 0.15) is 51.5 Å². The van der Waals surface area contributed by atoms with Gasteiger partial charge in [0, 0.05) is 0 Å². The molecule has 2 unspecified atom stereocenters. The van der Waals surface area contributed by atoms with Gasteiger partial charge in [-0.05, 0) is 67.3 Å². The molecular weight excluding hydrogens is 237 g/mol. The van der Waals surface area contributed by atoms with E-state index in [1.165, 1.54) is 24.5 Å². The summed E-state index contributed by atoms with van der Waals surface area (Å²) in [5, 5.41) is 3.47. The van der Waals surface area contributed by atoms with Crippen molar-refractivity contribution in [3.63, 3.8) is 0 Å². The molecule has 1 aromatic rings. The molecule has 0 aromatic heterocycles. The summed E-state index contributed by atoms with van der Waals surface area (Å²) in [4.78, 5) is 0. The Morgan fingerprint density at radius 1 is 1.37 bits per heavy atom. The molecule has 0 radical (unpaired) electrons. The molecule has 19 heavy (non-hydrogen) atoms. The van der Waals surface area contributed by atoms with Gasteiger partial charge in [-0.1, -0.05) is 32.9 Å². The van der Waals surface area contributed by atoms with Crippen LogP contribution in [0.15, 0.2) is 24.3 Å². The minimum atomic E-state index is -0.108. The van der Waals surface area contributed by atoms with Crippen molar-refractivity contribution in [3.05, 3.63) is 35.6 Å². The largest absolute Gasteiger partial charge is 0.317 e. The lowest BCUT2D eigenvalue weighted by Gasteiger charge is -2.41. The van der Waals surface area contributed by atoms with Gasteiger partial charge < -0.3 is 5.32 Å². The molecule has 0 aliphatic heterocycles. The van der Waals surface area contributed by atoms with Crippen molar-refractivity contribution in [1.82, 2.24) is 5.32 Å². The van der Waals surface area contributed by atoms with Crippen molar-refractivity contribution in [2.45, 2.75) is 46.0 Å². The minimum Gasteiger partial charge on any atom is -0.317 e. The predicted octanol–water partition coefficient (Wildman–Crippen LogP) is 4.35. The van der Waals surface area contributed by atoms with E-state index in [0.717, 1.165) is 19.5 Å². The Hall–Kier alpha value is -0.890. The van der Waals surface area contributed by atoms with Crippen LogP contribution in [-0.2, 0) is 0 Å². The van der Waals surface area contributed by atoms with Gasteiger partial charge >= 0.3 is 0 Å². The van der Waals surface area contributed by atoms with Crippen molar-refractivity contribution in [2.75, 3.05) is 13.1 Å². The lowest BCUT2D eigenvalue weighted by molar-refractivity contribution is 0.160. The van der Waals surface area contributed by atoms with Crippen molar-refractivity contribution >= 4 is 0 Å². The minimum absolute atomic E-state index is 0.108. The molecule has 2 heteroatoms. The van der Waals surface area contributed by atoms with Gasteiger partial charge in [-0.15, -0.1) is 0 Å². The van der Waals surface area contributed by atoms with E-state index in [1.807, 2.05) is 6.07 Å². The first-order valence-electron chi connectivity index (χ1n) is 7.48. The van der Waals surface area contributed by atoms with Crippen molar-refractivity contribution in [2.24, 2.45) is 11.3 Å². The fraction of sp³-hybridized carbons (Fsp3) is 0.647. The fourth-order valence-electron chi connectivity index (χ4n) is 3.34. The molecule has 1 aliphatic rings. The van der Waals surface area contributed by atoms with Crippen LogP contribution in [0.2, 0.25) is 0 Å². The van der Waals surface area contributed by atoms with Gasteiger partial charge in [-0.2, -0.15) is 0 Å². The summed E-state index contributed by atoms with van der Waals surface area (Å²) >= 11 is 0. The number of halogens is 1. The summed E-state index contributed by atoms with van der Waals surface area (Å²) in [5.74, 6) is 1.01. The average molecular weight is 263 g/mol. The lowest BCUT2D eigenvalue weighted by Crippen LogP contribution is -2.34. The van der Waals surface area contributed by atoms with E-state index in [0.29, 0.717) is 17.3 Å². The second kappa shape index (κ2) is 6.04. The summed E-state index contributed by atoms with van der Waals surface area (Å²) in [6.45, 7) is 8.87. The summed E-state index contributed by atoms with van der Waals surface area (Å²) in [6.07, 6.45) is 3.67. The third-order valence-electron chi connectivity index (χ3n) is 4.47. The molecule has 106 valence electrons. The van der Waals surface area contributed by atoms with Crippen molar-refractivity contribution < 1.29 is 4.39 Å². The van der Waals surface area contributed by atoms with E-state index in [4.69, 9.17) is 0 Å². The number of rotatable bonds is 4. The average Bonchev–Trinajstić information content (AvgIpc) is 2.36. The van der Waals surface area contributed by atoms with Crippen LogP contribution >= 0.6 is 0 Å². The topological polar surface area (TPSA) is 12.0 Å². The zero-order chi connectivity index (χ0) is 13.9. The van der Waals surface area contributed by atoms with Gasteiger partial charge in [-0.25, -0.2) is 4.39 Å². The molecule has 2 rings (SSSR count). The summed E-state index contributed by atoms with van der Waals surface area (Å²) in [7, 11) is 0. The number of hydrogen-bond donors (Lipinski definition) is 1. The fourth-order valence-corrected chi connectivity index (χ4v) is 3.34. The summed E-state index contributed by atoms with van der Waals surface area (Å²) < 4.78 is 13.5. The van der Waals surface area contributed by atoms with Gasteiger partial charge in [0.25, 0.3) is 0 Å². The zero-order valence-corrected chi connectivity index (χ0v) is 12.4. The quantitative estimate of drug-likeness (QED) is 0.852. The summed E-state index contributed by atoms with van der Waals surface area (Å²) in [6, 6.07) is 7.20. The lowest BCUT2D eigenvalue weighted by atomic mass is 9.65. The number of nitrogens with one attached hydrogen (secondary N) is 1. The van der Waals surface area contributed by atoms with Gasteiger partial charge in [-0.3, -0.25) is 0 Å². The molecule has 0 spiro atoms. The maximum absolute atomic E-state index is 13.5. The van der Waals surface area contributed by atoms with E-state index in [-0.39, 0.29) is 5.82 Å². The SMILES string of the molecule is CCNCC1CCC(C)(C)CC1c1cccc(F)c1. The van der Waals surface area contributed by atoms with Crippen LogP contribution in [0.3, 0.4) is 0 Å². The van der Waals surface area contributed by atoms with Gasteiger partial charge in [0.05, 0.1) is 0 Å². The van der Waals surface area contributed by atoms with E-state index >= 15 is 0 Å². The smallest absolute Gasteiger partial charge is 0.123 e. The predicted molar refractivity (Wildman–Crippen MR) is 78.8 cm³/mol. The van der Waals surface area contributed by atoms with E-state index in [2.05, 4.69) is 32.2 Å². The molecule has 1 aromatic carbocycles. The zero-order valence-electron chi connectivity index (χ0n) is 12.4. The highest BCUT2D eigenvalue weighted by Crippen LogP contribution is 2.46. The van der Waals surface area contributed by atoms with Crippen LogP contribution in [-0.4, -0.2) is 13.1 Å². The maximum atomic E-state index is 13.5. The third-order valence-corrected chi connectivity index (χ3v) is 4.47. The van der Waals surface area contributed by atoms with Crippen LogP contribution < -0.4 is 5.32 Å². The molecule has 1 N–H and O–H groups in total. The van der Waals surface area contributed by atoms with Crippen LogP contribution in [0.25, 0.3) is 0 Å². The van der Waals surface area contributed by atoms with E-state index < -0.39 is 0 Å². The second-order valence-corrected chi connectivity index (χ2v) is 6.64. The molecule has 0 saturated heterocycles. The first kappa shape index (κ1) is 14.5. The number of benzene rings is 1. The Bertz CT molecular complexity index is 413. The standard InChI is InChI=1S/C17H26FN/c1-4-19-12-14-8-9-17(2,3)11-16(14)13-6-5-7-15(18)10-13/h5-7,10,14,16,19H,4,8-9,11-12H2,1-3H3. The molecule has 0 amide bonds. The Balaban J connectivity index is 2.19. The summed E-state index contributed by atoms with van der Waals surface area (Å²) in [5.41, 5.74) is 1.55. The van der Waals surface area contributed by atoms with Crippen molar-refractivity contribution in [1.29, 1.82) is 0 Å². The van der Waals surface area contributed by atoms with Gasteiger partial charge in [0.2, 0.25) is 0 Å². The first-order chi connectivity index (χ1) is 9.02. The monoisotopic (exact) mass is 263 g/mol. The molecular formula is C17H26FN. The molecule has 0 heterocycles. The van der Waals surface area contributed by atoms with Crippen LogP contribution in [0.5, 0.6) is 0 Å². The first-order valence-corrected chi connectivity index (χ1v) is 7.48. The third kappa shape index (κ3) is 3.79. The Morgan fingerprint density at radius 2 is 2.16 bits per heavy atom. The maximum Gasteiger partial charge on any atom is 0.123 e. The highest BCUT2D eigenvalue weighted by molar-refractivity contribution is 5.23. The van der Waals surface area contributed by atoms with Gasteiger partial charge in [0.15, 0.2) is 0 Å².